The molecule has 1 aliphatic rings. The van der Waals surface area contributed by atoms with Gasteiger partial charge in [-0.05, 0) is 42.5 Å². The molecule has 3 aromatic rings. The van der Waals surface area contributed by atoms with E-state index in [-0.39, 0.29) is 23.7 Å². The van der Waals surface area contributed by atoms with Crippen LogP contribution in [0.4, 0.5) is 17.6 Å². The summed E-state index contributed by atoms with van der Waals surface area (Å²) in [7, 11) is 0. The number of alkyl halides is 3. The van der Waals surface area contributed by atoms with Crippen LogP contribution in [0.3, 0.4) is 0 Å². The Hall–Kier alpha value is -2.74. The monoisotopic (exact) mass is 391 g/mol. The van der Waals surface area contributed by atoms with Gasteiger partial charge in [-0.3, -0.25) is 9.97 Å². The highest BCUT2D eigenvalue weighted by atomic mass is 19.4. The van der Waals surface area contributed by atoms with E-state index in [4.69, 9.17) is 4.74 Å². The van der Waals surface area contributed by atoms with Gasteiger partial charge in [0.1, 0.15) is 23.4 Å². The predicted octanol–water partition coefficient (Wildman–Crippen LogP) is 4.49. The number of fused-ring (bicyclic) bond motifs is 1. The van der Waals surface area contributed by atoms with Crippen molar-refractivity contribution in [2.75, 3.05) is 0 Å². The van der Waals surface area contributed by atoms with E-state index in [1.807, 2.05) is 0 Å². The van der Waals surface area contributed by atoms with Crippen LogP contribution in [-0.4, -0.2) is 22.1 Å². The van der Waals surface area contributed by atoms with Gasteiger partial charge in [-0.2, -0.15) is 13.2 Å². The van der Waals surface area contributed by atoms with Gasteiger partial charge in [0.15, 0.2) is 0 Å². The number of aromatic nitrogens is 2. The highest BCUT2D eigenvalue weighted by molar-refractivity contribution is 5.84. The average molecular weight is 391 g/mol. The quantitative estimate of drug-likeness (QED) is 0.651. The maximum atomic E-state index is 14.2. The Kier molecular flexibility index (Phi) is 4.89. The molecule has 1 fully saturated rings. The van der Waals surface area contributed by atoms with Gasteiger partial charge in [0.2, 0.25) is 0 Å². The van der Waals surface area contributed by atoms with Crippen LogP contribution in [0.15, 0.2) is 48.9 Å². The van der Waals surface area contributed by atoms with E-state index in [9.17, 15) is 17.6 Å². The van der Waals surface area contributed by atoms with Gasteiger partial charge >= 0.3 is 6.18 Å². The van der Waals surface area contributed by atoms with Crippen molar-refractivity contribution < 1.29 is 22.3 Å². The van der Waals surface area contributed by atoms with Crippen LogP contribution < -0.4 is 10.1 Å². The number of nitrogens with one attached hydrogen (secondary N) is 1. The van der Waals surface area contributed by atoms with E-state index in [0.29, 0.717) is 24.9 Å². The first kappa shape index (κ1) is 18.6. The molecule has 4 nitrogen and oxygen atoms in total. The molecule has 0 unspecified atom stereocenters. The summed E-state index contributed by atoms with van der Waals surface area (Å²) in [5.74, 6) is -0.131. The molecule has 28 heavy (non-hydrogen) atoms. The zero-order valence-corrected chi connectivity index (χ0v) is 14.7. The summed E-state index contributed by atoms with van der Waals surface area (Å²) < 4.78 is 57.9. The predicted molar refractivity (Wildman–Crippen MR) is 95.2 cm³/mol. The van der Waals surface area contributed by atoms with Crippen molar-refractivity contribution in [2.45, 2.75) is 37.7 Å². The van der Waals surface area contributed by atoms with Gasteiger partial charge in [0, 0.05) is 48.2 Å². The van der Waals surface area contributed by atoms with Gasteiger partial charge in [-0.1, -0.05) is 0 Å². The molecule has 2 heterocycles. The fourth-order valence-corrected chi connectivity index (χ4v) is 3.29. The van der Waals surface area contributed by atoms with Crippen molar-refractivity contribution in [3.05, 3.63) is 66.0 Å². The van der Waals surface area contributed by atoms with E-state index >= 15 is 0 Å². The fraction of sp³-hybridized carbons (Fsp3) is 0.300. The Labute approximate surface area is 158 Å². The first-order chi connectivity index (χ1) is 13.4. The normalized spacial score (nSPS) is 19.4. The number of nitrogens with zero attached hydrogens (tertiary/aromatic N) is 2. The molecule has 1 N–H and O–H groups in total. The number of ether oxygens (including phenoxy) is 1. The highest BCUT2D eigenvalue weighted by Gasteiger charge is 2.34. The first-order valence-corrected chi connectivity index (χ1v) is 8.84. The lowest BCUT2D eigenvalue weighted by Crippen LogP contribution is -2.46. The number of hydrogen-bond acceptors (Lipinski definition) is 4. The third kappa shape index (κ3) is 3.91. The maximum Gasteiger partial charge on any atom is 0.433 e. The molecule has 0 amide bonds. The molecule has 0 aliphatic heterocycles. The second kappa shape index (κ2) is 7.35. The van der Waals surface area contributed by atoms with Crippen LogP contribution in [0.1, 0.15) is 24.1 Å². The zero-order valence-electron chi connectivity index (χ0n) is 14.7. The van der Waals surface area contributed by atoms with Crippen LogP contribution in [0.2, 0.25) is 0 Å². The van der Waals surface area contributed by atoms with Crippen LogP contribution >= 0.6 is 0 Å². The standard InChI is InChI=1S/C20H17F4N3O/c21-18-2-1-12-10-25-5-4-16(12)17(18)11-27-13-7-15(8-13)28-14-3-6-26-19(9-14)20(22,23)24/h1-6,9-10,13,15,27H,7-8,11H2. The number of benzene rings is 1. The van der Waals surface area contributed by atoms with E-state index in [1.165, 1.54) is 12.1 Å². The summed E-state index contributed by atoms with van der Waals surface area (Å²) in [5, 5.41) is 4.97. The second-order valence-corrected chi connectivity index (χ2v) is 6.79. The van der Waals surface area contributed by atoms with Crippen LogP contribution in [0, 0.1) is 5.82 Å². The minimum atomic E-state index is -4.50. The van der Waals surface area contributed by atoms with Gasteiger partial charge in [0.25, 0.3) is 0 Å². The minimum absolute atomic E-state index is 0.116. The highest BCUT2D eigenvalue weighted by Crippen LogP contribution is 2.32. The van der Waals surface area contributed by atoms with Crippen molar-refractivity contribution in [1.82, 2.24) is 15.3 Å². The molecule has 8 heteroatoms. The number of rotatable bonds is 5. The lowest BCUT2D eigenvalue weighted by atomic mass is 9.89. The fourth-order valence-electron chi connectivity index (χ4n) is 3.29. The molecular formula is C20H17F4N3O. The zero-order chi connectivity index (χ0) is 19.7. The van der Waals surface area contributed by atoms with Crippen molar-refractivity contribution in [1.29, 1.82) is 0 Å². The number of hydrogen-bond donors (Lipinski definition) is 1. The molecule has 0 saturated heterocycles. The molecular weight excluding hydrogens is 374 g/mol. The third-order valence-corrected chi connectivity index (χ3v) is 4.86. The Bertz CT molecular complexity index is 987. The van der Waals surface area contributed by atoms with E-state index in [0.717, 1.165) is 23.0 Å². The van der Waals surface area contributed by atoms with Crippen LogP contribution in [0.25, 0.3) is 10.8 Å². The first-order valence-electron chi connectivity index (χ1n) is 8.84. The molecule has 0 radical (unpaired) electrons. The molecule has 146 valence electrons. The molecule has 1 aliphatic carbocycles. The van der Waals surface area contributed by atoms with Crippen LogP contribution in [0.5, 0.6) is 5.75 Å². The van der Waals surface area contributed by atoms with Gasteiger partial charge in [-0.15, -0.1) is 0 Å². The molecule has 2 aromatic heterocycles. The van der Waals surface area contributed by atoms with Crippen molar-refractivity contribution >= 4 is 10.8 Å². The summed E-state index contributed by atoms with van der Waals surface area (Å²) in [5.41, 5.74) is -0.395. The average Bonchev–Trinajstić information content (AvgIpc) is 2.64. The lowest BCUT2D eigenvalue weighted by Gasteiger charge is -2.36. The van der Waals surface area contributed by atoms with E-state index in [2.05, 4.69) is 15.3 Å². The Morgan fingerprint density at radius 3 is 2.71 bits per heavy atom. The molecule has 1 aromatic carbocycles. The van der Waals surface area contributed by atoms with Gasteiger partial charge in [-0.25, -0.2) is 4.39 Å². The topological polar surface area (TPSA) is 47.0 Å². The molecule has 0 bridgehead atoms. The van der Waals surface area contributed by atoms with Crippen molar-refractivity contribution in [2.24, 2.45) is 0 Å². The van der Waals surface area contributed by atoms with Crippen molar-refractivity contribution in [3.8, 4) is 5.75 Å². The van der Waals surface area contributed by atoms with Gasteiger partial charge in [0.05, 0.1) is 0 Å². The smallest absolute Gasteiger partial charge is 0.433 e. The minimum Gasteiger partial charge on any atom is -0.490 e. The van der Waals surface area contributed by atoms with E-state index in [1.54, 1.807) is 24.5 Å². The second-order valence-electron chi connectivity index (χ2n) is 6.79. The largest absolute Gasteiger partial charge is 0.490 e. The summed E-state index contributed by atoms with van der Waals surface area (Å²) in [4.78, 5) is 7.36. The van der Waals surface area contributed by atoms with E-state index < -0.39 is 11.9 Å². The number of halogens is 4. The van der Waals surface area contributed by atoms with Crippen molar-refractivity contribution in [3.63, 3.8) is 0 Å². The molecule has 4 rings (SSSR count). The third-order valence-electron chi connectivity index (χ3n) is 4.86. The molecule has 0 spiro atoms. The summed E-state index contributed by atoms with van der Waals surface area (Å²) in [6, 6.07) is 7.33. The Morgan fingerprint density at radius 1 is 1.11 bits per heavy atom. The Balaban J connectivity index is 1.33. The summed E-state index contributed by atoms with van der Waals surface area (Å²) >= 11 is 0. The lowest BCUT2D eigenvalue weighted by molar-refractivity contribution is -0.141. The summed E-state index contributed by atoms with van der Waals surface area (Å²) in [6.45, 7) is 0.359. The van der Waals surface area contributed by atoms with Crippen LogP contribution in [-0.2, 0) is 12.7 Å². The Morgan fingerprint density at radius 2 is 1.93 bits per heavy atom. The molecule has 0 atom stereocenters. The van der Waals surface area contributed by atoms with Gasteiger partial charge < -0.3 is 10.1 Å². The molecule has 1 saturated carbocycles. The summed E-state index contributed by atoms with van der Waals surface area (Å²) in [6.07, 6.45) is 1.00. The maximum absolute atomic E-state index is 14.2. The SMILES string of the molecule is Fc1ccc2cnccc2c1CNC1CC(Oc2ccnc(C(F)(F)F)c2)C1. The number of pyridine rings is 2.